The van der Waals surface area contributed by atoms with Crippen LogP contribution in [0.4, 0.5) is 5.82 Å². The molecular formula is C19H23N3O3S. The summed E-state index contributed by atoms with van der Waals surface area (Å²) in [4.78, 5) is 25.2. The highest BCUT2D eigenvalue weighted by molar-refractivity contribution is 8.00. The number of aromatic amines is 1. The summed E-state index contributed by atoms with van der Waals surface area (Å²) < 4.78 is 7.68. The average Bonchev–Trinajstić information content (AvgIpc) is 3.22. The third-order valence-corrected chi connectivity index (χ3v) is 6.31. The minimum Gasteiger partial charge on any atom is -0.494 e. The van der Waals surface area contributed by atoms with Crippen LogP contribution in [0.15, 0.2) is 29.1 Å². The first-order chi connectivity index (χ1) is 12.7. The molecule has 1 amide bonds. The number of H-pyrrole nitrogens is 1. The van der Waals surface area contributed by atoms with Crippen LogP contribution in [-0.4, -0.2) is 28.0 Å². The van der Waals surface area contributed by atoms with Crippen LogP contribution in [0, 0.1) is 0 Å². The van der Waals surface area contributed by atoms with E-state index in [2.05, 4.69) is 10.4 Å². The molecule has 1 atom stereocenters. The van der Waals surface area contributed by atoms with E-state index in [1.807, 2.05) is 35.9 Å². The second-order valence-electron chi connectivity index (χ2n) is 6.72. The van der Waals surface area contributed by atoms with Crippen molar-refractivity contribution in [2.45, 2.75) is 43.9 Å². The number of hydrogen-bond acceptors (Lipinski definition) is 4. The summed E-state index contributed by atoms with van der Waals surface area (Å²) in [5.74, 6) is 1.64. The molecule has 2 heterocycles. The van der Waals surface area contributed by atoms with Crippen molar-refractivity contribution in [3.63, 3.8) is 0 Å². The van der Waals surface area contributed by atoms with Gasteiger partial charge in [0.1, 0.15) is 11.6 Å². The summed E-state index contributed by atoms with van der Waals surface area (Å²) in [6.45, 7) is 2.49. The van der Waals surface area contributed by atoms with E-state index in [0.717, 1.165) is 37.0 Å². The number of carbonyl (C=O) groups excluding carboxylic acids is 1. The molecule has 138 valence electrons. The molecule has 0 saturated heterocycles. The van der Waals surface area contributed by atoms with Crippen molar-refractivity contribution >= 4 is 23.5 Å². The number of benzene rings is 1. The van der Waals surface area contributed by atoms with Gasteiger partial charge in [-0.3, -0.25) is 19.4 Å². The highest BCUT2D eigenvalue weighted by atomic mass is 32.2. The molecule has 4 rings (SSSR count). The number of carbonyl (C=O) groups is 1. The van der Waals surface area contributed by atoms with Crippen molar-refractivity contribution in [1.82, 2.24) is 9.78 Å². The largest absolute Gasteiger partial charge is 0.494 e. The van der Waals surface area contributed by atoms with Gasteiger partial charge in [0, 0.05) is 5.56 Å². The summed E-state index contributed by atoms with van der Waals surface area (Å²) in [5, 5.41) is 5.72. The second kappa shape index (κ2) is 7.23. The first-order valence-electron chi connectivity index (χ1n) is 9.16. The molecule has 6 nitrogen and oxygen atoms in total. The Labute approximate surface area is 156 Å². The van der Waals surface area contributed by atoms with Crippen LogP contribution in [0.3, 0.4) is 0 Å². The number of para-hydroxylation sites is 1. The van der Waals surface area contributed by atoms with Crippen molar-refractivity contribution in [3.8, 4) is 5.75 Å². The number of thioether (sulfide) groups is 1. The van der Waals surface area contributed by atoms with Gasteiger partial charge in [-0.15, -0.1) is 11.8 Å². The van der Waals surface area contributed by atoms with Gasteiger partial charge in [0.15, 0.2) is 0 Å². The Morgan fingerprint density at radius 3 is 2.77 bits per heavy atom. The number of aromatic nitrogens is 2. The summed E-state index contributed by atoms with van der Waals surface area (Å²) in [6, 6.07) is 8.02. The molecule has 0 bridgehead atoms. The lowest BCUT2D eigenvalue weighted by molar-refractivity contribution is -0.113. The van der Waals surface area contributed by atoms with Crippen LogP contribution in [0.25, 0.3) is 0 Å². The van der Waals surface area contributed by atoms with Crippen molar-refractivity contribution in [1.29, 1.82) is 0 Å². The monoisotopic (exact) mass is 373 g/mol. The number of rotatable bonds is 4. The summed E-state index contributed by atoms with van der Waals surface area (Å²) in [6.07, 6.45) is 4.36. The maximum Gasteiger partial charge on any atom is 0.270 e. The van der Waals surface area contributed by atoms with E-state index in [1.54, 1.807) is 0 Å². The van der Waals surface area contributed by atoms with Gasteiger partial charge in [-0.05, 0) is 25.8 Å². The molecule has 1 aliphatic carbocycles. The van der Waals surface area contributed by atoms with Gasteiger partial charge in [0.05, 0.1) is 29.2 Å². The fourth-order valence-electron chi connectivity index (χ4n) is 3.91. The molecule has 0 radical (unpaired) electrons. The van der Waals surface area contributed by atoms with Crippen LogP contribution in [-0.2, 0) is 4.79 Å². The second-order valence-corrected chi connectivity index (χ2v) is 7.81. The molecule has 7 heteroatoms. The number of hydrogen-bond donors (Lipinski definition) is 2. The van der Waals surface area contributed by atoms with E-state index in [1.165, 1.54) is 11.8 Å². The molecule has 2 aromatic rings. The lowest BCUT2D eigenvalue weighted by Crippen LogP contribution is -2.18. The van der Waals surface area contributed by atoms with Crippen LogP contribution >= 0.6 is 11.8 Å². The molecular weight excluding hydrogens is 350 g/mol. The smallest absolute Gasteiger partial charge is 0.270 e. The highest BCUT2D eigenvalue weighted by Gasteiger charge is 2.34. The zero-order valence-corrected chi connectivity index (χ0v) is 15.6. The lowest BCUT2D eigenvalue weighted by Gasteiger charge is -2.18. The Hall–Kier alpha value is -2.15. The highest BCUT2D eigenvalue weighted by Crippen LogP contribution is 2.44. The van der Waals surface area contributed by atoms with Crippen molar-refractivity contribution in [3.05, 3.63) is 45.7 Å². The molecule has 1 fully saturated rings. The van der Waals surface area contributed by atoms with Gasteiger partial charge >= 0.3 is 0 Å². The standard InChI is InChI=1S/C19H23N3O3S/c1-2-25-14-10-6-5-9-13(14)17-16-18(20-15(23)11-26-17)22(21-19(16)24)12-7-3-4-8-12/h5-6,9-10,12,17H,2-4,7-8,11H2,1H3,(H,20,23)(H,21,24)/t17-/m1/s1. The fourth-order valence-corrected chi connectivity index (χ4v) is 5.06. The topological polar surface area (TPSA) is 76.1 Å². The van der Waals surface area contributed by atoms with Crippen molar-refractivity contribution in [2.75, 3.05) is 17.7 Å². The molecule has 1 aliphatic heterocycles. The van der Waals surface area contributed by atoms with Crippen LogP contribution < -0.4 is 15.6 Å². The number of amides is 1. The van der Waals surface area contributed by atoms with Crippen LogP contribution in [0.5, 0.6) is 5.75 Å². The molecule has 1 saturated carbocycles. The molecule has 2 aliphatic rings. The maximum atomic E-state index is 12.9. The van der Waals surface area contributed by atoms with Gasteiger partial charge < -0.3 is 10.1 Å². The van der Waals surface area contributed by atoms with Crippen molar-refractivity contribution in [2.24, 2.45) is 0 Å². The van der Waals surface area contributed by atoms with E-state index in [-0.39, 0.29) is 22.8 Å². The Balaban J connectivity index is 1.84. The zero-order valence-electron chi connectivity index (χ0n) is 14.8. The quantitative estimate of drug-likeness (QED) is 0.860. The fraction of sp³-hybridized carbons (Fsp3) is 0.474. The van der Waals surface area contributed by atoms with E-state index < -0.39 is 0 Å². The molecule has 26 heavy (non-hydrogen) atoms. The lowest BCUT2D eigenvalue weighted by atomic mass is 10.0. The Morgan fingerprint density at radius 1 is 1.23 bits per heavy atom. The molecule has 1 aromatic carbocycles. The Bertz CT molecular complexity index is 867. The van der Waals surface area contributed by atoms with Gasteiger partial charge in [-0.2, -0.15) is 0 Å². The first-order valence-corrected chi connectivity index (χ1v) is 10.2. The number of nitrogens with zero attached hydrogens (tertiary/aromatic N) is 1. The van der Waals surface area contributed by atoms with Gasteiger partial charge in [0.2, 0.25) is 5.91 Å². The summed E-state index contributed by atoms with van der Waals surface area (Å²) >= 11 is 1.47. The first kappa shape index (κ1) is 17.3. The number of ether oxygens (including phenoxy) is 1. The molecule has 2 N–H and O–H groups in total. The molecule has 0 spiro atoms. The predicted molar refractivity (Wildman–Crippen MR) is 103 cm³/mol. The predicted octanol–water partition coefficient (Wildman–Crippen LogP) is 3.46. The Kier molecular flexibility index (Phi) is 4.80. The number of anilines is 1. The normalized spacial score (nSPS) is 20.5. The van der Waals surface area contributed by atoms with Crippen LogP contribution in [0.1, 0.15) is 55.0 Å². The maximum absolute atomic E-state index is 12.9. The van der Waals surface area contributed by atoms with Crippen LogP contribution in [0.2, 0.25) is 0 Å². The van der Waals surface area contributed by atoms with Gasteiger partial charge in [0.25, 0.3) is 5.56 Å². The Morgan fingerprint density at radius 2 is 2.00 bits per heavy atom. The minimum atomic E-state index is -0.238. The molecule has 0 unspecified atom stereocenters. The summed E-state index contributed by atoms with van der Waals surface area (Å²) in [5.41, 5.74) is 1.43. The van der Waals surface area contributed by atoms with E-state index in [0.29, 0.717) is 23.7 Å². The van der Waals surface area contributed by atoms with Gasteiger partial charge in [-0.1, -0.05) is 31.0 Å². The average molecular weight is 373 g/mol. The number of nitrogens with one attached hydrogen (secondary N) is 2. The number of fused-ring (bicyclic) bond motifs is 1. The van der Waals surface area contributed by atoms with E-state index >= 15 is 0 Å². The summed E-state index contributed by atoms with van der Waals surface area (Å²) in [7, 11) is 0. The zero-order chi connectivity index (χ0) is 18.1. The van der Waals surface area contributed by atoms with E-state index in [4.69, 9.17) is 4.74 Å². The third-order valence-electron chi connectivity index (χ3n) is 5.05. The van der Waals surface area contributed by atoms with E-state index in [9.17, 15) is 9.59 Å². The van der Waals surface area contributed by atoms with Gasteiger partial charge in [-0.25, -0.2) is 0 Å². The SMILES string of the molecule is CCOc1ccccc1[C@H]1SCC(=O)Nc2c1c(=O)[nH]n2C1CCCC1. The minimum absolute atomic E-state index is 0.0709. The third kappa shape index (κ3) is 3.05. The molecule has 1 aromatic heterocycles. The van der Waals surface area contributed by atoms with Crippen molar-refractivity contribution < 1.29 is 9.53 Å².